The Bertz CT molecular complexity index is 803. The first kappa shape index (κ1) is 13.1. The van der Waals surface area contributed by atoms with Crippen LogP contribution in [0.4, 0.5) is 0 Å². The Hall–Kier alpha value is -1.86. The molecule has 0 bridgehead atoms. The van der Waals surface area contributed by atoms with E-state index in [0.717, 1.165) is 6.42 Å². The number of allylic oxidation sites excluding steroid dienone is 4. The molecule has 0 aliphatic heterocycles. The lowest BCUT2D eigenvalue weighted by Gasteiger charge is -2.03. The van der Waals surface area contributed by atoms with Crippen molar-refractivity contribution >= 4 is 37.1 Å². The minimum atomic E-state index is 1.06. The summed E-state index contributed by atoms with van der Waals surface area (Å²) in [5.41, 5.74) is 2.62. The van der Waals surface area contributed by atoms with E-state index in [-0.39, 0.29) is 0 Å². The molecule has 2 aromatic carbocycles. The zero-order valence-electron chi connectivity index (χ0n) is 11.9. The SMILES string of the molecule is C/C=C\C(=C/CC)c1ccc2c(c1)sc1ccccc12. The predicted octanol–water partition coefficient (Wildman–Crippen LogP) is 6.42. The van der Waals surface area contributed by atoms with Gasteiger partial charge in [-0.15, -0.1) is 11.3 Å². The Morgan fingerprint density at radius 2 is 1.85 bits per heavy atom. The van der Waals surface area contributed by atoms with E-state index in [0.29, 0.717) is 0 Å². The van der Waals surface area contributed by atoms with Crippen LogP contribution in [0.5, 0.6) is 0 Å². The van der Waals surface area contributed by atoms with Crippen LogP contribution in [0.1, 0.15) is 25.8 Å². The van der Waals surface area contributed by atoms with Crippen LogP contribution in [-0.4, -0.2) is 0 Å². The lowest BCUT2D eigenvalue weighted by Crippen LogP contribution is -1.80. The zero-order chi connectivity index (χ0) is 13.9. The third-order valence-electron chi connectivity index (χ3n) is 3.48. The molecule has 0 radical (unpaired) electrons. The van der Waals surface area contributed by atoms with Gasteiger partial charge in [-0.1, -0.05) is 55.5 Å². The molecule has 1 aromatic heterocycles. The Labute approximate surface area is 124 Å². The third kappa shape index (κ3) is 2.30. The average molecular weight is 278 g/mol. The summed E-state index contributed by atoms with van der Waals surface area (Å²) in [6, 6.07) is 15.5. The second-order valence-electron chi connectivity index (χ2n) is 4.88. The topological polar surface area (TPSA) is 0 Å². The first-order valence-corrected chi connectivity index (χ1v) is 7.89. The summed E-state index contributed by atoms with van der Waals surface area (Å²) in [4.78, 5) is 0. The van der Waals surface area contributed by atoms with Crippen LogP contribution in [0.25, 0.3) is 25.7 Å². The molecule has 1 heteroatoms. The molecule has 0 fully saturated rings. The summed E-state index contributed by atoms with van der Waals surface area (Å²) in [6.07, 6.45) is 7.65. The molecule has 0 spiro atoms. The van der Waals surface area contributed by atoms with Crippen molar-refractivity contribution in [2.75, 3.05) is 0 Å². The van der Waals surface area contributed by atoms with E-state index in [2.05, 4.69) is 74.5 Å². The van der Waals surface area contributed by atoms with Crippen LogP contribution in [-0.2, 0) is 0 Å². The molecule has 0 saturated carbocycles. The molecule has 100 valence electrons. The van der Waals surface area contributed by atoms with E-state index in [4.69, 9.17) is 0 Å². The molecule has 0 N–H and O–H groups in total. The highest BCUT2D eigenvalue weighted by Crippen LogP contribution is 2.35. The summed E-state index contributed by atoms with van der Waals surface area (Å²) in [5, 5.41) is 2.73. The molecular weight excluding hydrogens is 260 g/mol. The lowest BCUT2D eigenvalue weighted by atomic mass is 10.0. The molecule has 0 aliphatic carbocycles. The van der Waals surface area contributed by atoms with Gasteiger partial charge >= 0.3 is 0 Å². The van der Waals surface area contributed by atoms with Crippen molar-refractivity contribution in [3.05, 3.63) is 66.3 Å². The van der Waals surface area contributed by atoms with Gasteiger partial charge < -0.3 is 0 Å². The molecule has 0 amide bonds. The summed E-state index contributed by atoms with van der Waals surface area (Å²) in [5.74, 6) is 0. The molecule has 0 aliphatic rings. The van der Waals surface area contributed by atoms with E-state index in [1.165, 1.54) is 31.3 Å². The van der Waals surface area contributed by atoms with Crippen molar-refractivity contribution < 1.29 is 0 Å². The summed E-state index contributed by atoms with van der Waals surface area (Å²) in [6.45, 7) is 4.25. The van der Waals surface area contributed by atoms with Gasteiger partial charge in [-0.2, -0.15) is 0 Å². The Kier molecular flexibility index (Phi) is 3.70. The van der Waals surface area contributed by atoms with Gasteiger partial charge in [0.1, 0.15) is 0 Å². The van der Waals surface area contributed by atoms with Crippen LogP contribution in [0.3, 0.4) is 0 Å². The van der Waals surface area contributed by atoms with Crippen LogP contribution in [0, 0.1) is 0 Å². The molecule has 3 rings (SSSR count). The standard InChI is InChI=1S/C19H18S/c1-3-7-14(8-4-2)15-11-12-17-16-9-5-6-10-18(16)20-19(17)13-15/h3,5-13H,4H2,1-2H3/b7-3-,14-8+. The van der Waals surface area contributed by atoms with Crippen molar-refractivity contribution in [1.82, 2.24) is 0 Å². The van der Waals surface area contributed by atoms with Crippen molar-refractivity contribution in [2.45, 2.75) is 20.3 Å². The summed E-state index contributed by atoms with van der Waals surface area (Å²) < 4.78 is 2.74. The van der Waals surface area contributed by atoms with Crippen molar-refractivity contribution in [1.29, 1.82) is 0 Å². The maximum Gasteiger partial charge on any atom is 0.0361 e. The van der Waals surface area contributed by atoms with Crippen molar-refractivity contribution in [2.24, 2.45) is 0 Å². The molecule has 1 heterocycles. The maximum atomic E-state index is 2.32. The van der Waals surface area contributed by atoms with E-state index < -0.39 is 0 Å². The molecule has 20 heavy (non-hydrogen) atoms. The highest BCUT2D eigenvalue weighted by molar-refractivity contribution is 7.25. The average Bonchev–Trinajstić information content (AvgIpc) is 2.84. The minimum absolute atomic E-state index is 1.06. The fourth-order valence-electron chi connectivity index (χ4n) is 2.59. The molecular formula is C19H18S. The second-order valence-corrected chi connectivity index (χ2v) is 5.96. The van der Waals surface area contributed by atoms with Gasteiger partial charge in [-0.3, -0.25) is 0 Å². The van der Waals surface area contributed by atoms with Gasteiger partial charge in [0, 0.05) is 20.2 Å². The molecule has 0 unspecified atom stereocenters. The van der Waals surface area contributed by atoms with Gasteiger partial charge in [0.05, 0.1) is 0 Å². The number of thiophene rings is 1. The smallest absolute Gasteiger partial charge is 0.0361 e. The van der Waals surface area contributed by atoms with Gasteiger partial charge in [-0.05, 0) is 36.6 Å². The van der Waals surface area contributed by atoms with E-state index in [1.54, 1.807) is 0 Å². The minimum Gasteiger partial charge on any atom is -0.135 e. The van der Waals surface area contributed by atoms with Crippen LogP contribution >= 0.6 is 11.3 Å². The van der Waals surface area contributed by atoms with Crippen LogP contribution < -0.4 is 0 Å². The maximum absolute atomic E-state index is 2.32. The fourth-order valence-corrected chi connectivity index (χ4v) is 3.73. The first-order valence-electron chi connectivity index (χ1n) is 7.08. The first-order chi connectivity index (χ1) is 9.83. The van der Waals surface area contributed by atoms with E-state index in [9.17, 15) is 0 Å². The summed E-state index contributed by atoms with van der Waals surface area (Å²) in [7, 11) is 0. The number of hydrogen-bond acceptors (Lipinski definition) is 1. The summed E-state index contributed by atoms with van der Waals surface area (Å²) >= 11 is 1.88. The molecule has 3 aromatic rings. The Morgan fingerprint density at radius 1 is 1.05 bits per heavy atom. The van der Waals surface area contributed by atoms with Gasteiger partial charge in [-0.25, -0.2) is 0 Å². The normalized spacial score (nSPS) is 12.8. The molecule has 0 atom stereocenters. The van der Waals surface area contributed by atoms with Crippen LogP contribution in [0.15, 0.2) is 60.7 Å². The number of hydrogen-bond donors (Lipinski definition) is 0. The largest absolute Gasteiger partial charge is 0.135 e. The Balaban J connectivity index is 2.20. The quantitative estimate of drug-likeness (QED) is 0.485. The Morgan fingerprint density at radius 3 is 2.65 bits per heavy atom. The zero-order valence-corrected chi connectivity index (χ0v) is 12.7. The number of rotatable bonds is 3. The number of fused-ring (bicyclic) bond motifs is 3. The predicted molar refractivity (Wildman–Crippen MR) is 92.4 cm³/mol. The highest BCUT2D eigenvalue weighted by Gasteiger charge is 2.06. The van der Waals surface area contributed by atoms with Gasteiger partial charge in [0.15, 0.2) is 0 Å². The van der Waals surface area contributed by atoms with Crippen molar-refractivity contribution in [3.63, 3.8) is 0 Å². The number of benzene rings is 2. The van der Waals surface area contributed by atoms with Crippen molar-refractivity contribution in [3.8, 4) is 0 Å². The monoisotopic (exact) mass is 278 g/mol. The molecule has 0 saturated heterocycles. The van der Waals surface area contributed by atoms with E-state index >= 15 is 0 Å². The second kappa shape index (κ2) is 5.64. The molecule has 0 nitrogen and oxygen atoms in total. The highest BCUT2D eigenvalue weighted by atomic mass is 32.1. The van der Waals surface area contributed by atoms with Gasteiger partial charge in [0.2, 0.25) is 0 Å². The lowest BCUT2D eigenvalue weighted by molar-refractivity contribution is 1.23. The third-order valence-corrected chi connectivity index (χ3v) is 4.62. The van der Waals surface area contributed by atoms with E-state index in [1.807, 2.05) is 11.3 Å². The fraction of sp³-hybridized carbons (Fsp3) is 0.158. The van der Waals surface area contributed by atoms with Gasteiger partial charge in [0.25, 0.3) is 0 Å². The van der Waals surface area contributed by atoms with Crippen LogP contribution in [0.2, 0.25) is 0 Å².